The van der Waals surface area contributed by atoms with Crippen molar-refractivity contribution in [3.05, 3.63) is 235 Å². The van der Waals surface area contributed by atoms with E-state index in [1.54, 1.807) is 13.0 Å². The van der Waals surface area contributed by atoms with Gasteiger partial charge in [-0.3, -0.25) is 24.0 Å². The van der Waals surface area contributed by atoms with Crippen molar-refractivity contribution in [1.82, 2.24) is 4.90 Å². The third-order valence-corrected chi connectivity index (χ3v) is 24.4. The smallest absolute Gasteiger partial charge is 0.255 e. The largest absolute Gasteiger partial charge is 0.342 e. The minimum atomic E-state index is -1.19. The summed E-state index contributed by atoms with van der Waals surface area (Å²) in [6.45, 7) is 7.48. The molecule has 28 heteroatoms. The molecule has 109 heavy (non-hydrogen) atoms. The lowest BCUT2D eigenvalue weighted by molar-refractivity contribution is -0.137. The molecule has 0 aromatic heterocycles. The van der Waals surface area contributed by atoms with Crippen molar-refractivity contribution < 1.29 is 72.7 Å². The Kier molecular flexibility index (Phi) is 32.1. The van der Waals surface area contributed by atoms with Gasteiger partial charge < -0.3 is 31.0 Å². The van der Waals surface area contributed by atoms with Crippen LogP contribution in [0.4, 0.5) is 66.7 Å². The van der Waals surface area contributed by atoms with Crippen LogP contribution in [0.25, 0.3) is 0 Å². The first-order chi connectivity index (χ1) is 52.1. The van der Waals surface area contributed by atoms with Crippen molar-refractivity contribution in [2.24, 2.45) is 17.8 Å². The summed E-state index contributed by atoms with van der Waals surface area (Å²) in [5.74, 6) is -6.71. The minimum absolute atomic E-state index is 0.00382. The van der Waals surface area contributed by atoms with Crippen LogP contribution in [0.1, 0.15) is 159 Å². The molecule has 3 aliphatic carbocycles. The van der Waals surface area contributed by atoms with Gasteiger partial charge in [-0.1, -0.05) is 48.7 Å². The van der Waals surface area contributed by atoms with Crippen molar-refractivity contribution >= 4 is 140 Å². The fraction of sp³-hybridized carbons (Fsp3) is 0.333. The van der Waals surface area contributed by atoms with Gasteiger partial charge in [0.05, 0.1) is 15.1 Å². The Morgan fingerprint density at radius 2 is 0.807 bits per heavy atom. The van der Waals surface area contributed by atoms with Crippen LogP contribution in [-0.2, 0) is 9.59 Å². The number of Topliss-reactive ketones (excluding diaryl/α,β-unsaturated/α-hetero) is 1. The van der Waals surface area contributed by atoms with E-state index >= 15 is 0 Å². The second-order valence-electron chi connectivity index (χ2n) is 26.8. The van der Waals surface area contributed by atoms with Crippen molar-refractivity contribution in [3.63, 3.8) is 0 Å². The summed E-state index contributed by atoms with van der Waals surface area (Å²) < 4.78 is 136. The zero-order valence-electron chi connectivity index (χ0n) is 59.4. The number of rotatable bonds is 20. The van der Waals surface area contributed by atoms with E-state index in [9.17, 15) is 72.7 Å². The van der Waals surface area contributed by atoms with Crippen LogP contribution in [0.2, 0.25) is 15.1 Å². The molecule has 0 bridgehead atoms. The molecule has 8 aromatic rings. The molecule has 4 aliphatic rings. The summed E-state index contributed by atoms with van der Waals surface area (Å²) in [5, 5.41) is 10.4. The number of amides is 5. The fourth-order valence-electron chi connectivity index (χ4n) is 12.7. The van der Waals surface area contributed by atoms with E-state index in [-0.39, 0.29) is 78.2 Å². The van der Waals surface area contributed by atoms with Gasteiger partial charge in [0.25, 0.3) is 23.6 Å². The van der Waals surface area contributed by atoms with Gasteiger partial charge in [0.1, 0.15) is 40.7 Å². The quantitative estimate of drug-likeness (QED) is 0.0329. The summed E-state index contributed by atoms with van der Waals surface area (Å²) in [4.78, 5) is 77.2. The van der Waals surface area contributed by atoms with Gasteiger partial charge >= 0.3 is 0 Å². The predicted molar refractivity (Wildman–Crippen MR) is 416 cm³/mol. The van der Waals surface area contributed by atoms with Crippen LogP contribution >= 0.6 is 81.9 Å². The van der Waals surface area contributed by atoms with Gasteiger partial charge in [-0.25, -0.2) is 43.9 Å². The van der Waals surface area contributed by atoms with Gasteiger partial charge in [-0.2, -0.15) is 0 Å². The van der Waals surface area contributed by atoms with E-state index in [2.05, 4.69) is 28.2 Å². The zero-order chi connectivity index (χ0) is 78.6. The molecular formula is C81H78Cl3F10N5O6S4. The third-order valence-electron chi connectivity index (χ3n) is 18.3. The topological polar surface area (TPSA) is 154 Å². The molecule has 4 atom stereocenters. The summed E-state index contributed by atoms with van der Waals surface area (Å²) >= 11 is 22.6. The number of nitrogens with zero attached hydrogens (tertiary/aromatic N) is 1. The number of nitrogens with one attached hydrogen (secondary N) is 4. The highest BCUT2D eigenvalue weighted by atomic mass is 35.5. The average Bonchev–Trinajstić information content (AvgIpc) is 1.01. The second kappa shape index (κ2) is 41.0. The molecule has 3 unspecified atom stereocenters. The maximum absolute atomic E-state index is 14.5. The summed E-state index contributed by atoms with van der Waals surface area (Å²) in [7, 11) is 0. The Bertz CT molecular complexity index is 4570. The van der Waals surface area contributed by atoms with Crippen molar-refractivity contribution in [1.29, 1.82) is 0 Å². The van der Waals surface area contributed by atoms with E-state index in [1.807, 2.05) is 11.8 Å². The first-order valence-electron chi connectivity index (χ1n) is 35.4. The number of thioether (sulfide) groups is 4. The third kappa shape index (κ3) is 25.4. The highest BCUT2D eigenvalue weighted by molar-refractivity contribution is 8.00. The number of hydrogen-bond donors (Lipinski definition) is 4. The molecule has 1 heterocycles. The number of likely N-dealkylation sites (tertiary alicyclic amines) is 1. The van der Waals surface area contributed by atoms with Crippen LogP contribution in [0, 0.1) is 75.9 Å². The highest BCUT2D eigenvalue weighted by Crippen LogP contribution is 2.43. The molecule has 1 saturated heterocycles. The Hall–Kier alpha value is -7.65. The van der Waals surface area contributed by atoms with Gasteiger partial charge in [-0.15, -0.1) is 47.0 Å². The standard InChI is InChI=1S/C25H26ClF3N2O2S.C21H20F3NO2S.C19H18ClF2NOS.C16H14ClF2NOS/c26-19-13-17(14-21(28)23(19)29)30-24(32)16-6-9-20(27)22(12-16)34-18-7-4-15(5-8-18)25(33)31-10-2-1-3-11-31;1-12(26)8-13-2-5-16(9-13)28-20-10-14(3-6-18(20)23)21(27)25-15-4-7-17(22)19(24)11-15;1-11-2-5-14(8-11)25-18-9-12(3-6-17(18)22)19(24)23-13-4-7-16(21)15(20)10-13;1-2-7-22-15-8-10(3-5-14(15)19)16(21)20-11-4-6-13(18)12(17)9-11/h6,9,12-15,18H,1-5,7-8,10-11H2,(H,30,32);3-4,6-7,10-11,13,16H,2,5,8-9H2,1H3,(H,25,27);3-4,6-7,9-11,14H,2,5,8H2,1H3,(H,23,24);3-6,8-9H,2,7H2,1H3,(H,20,21)/t;;11-,14?;/m..0./s1. The highest BCUT2D eigenvalue weighted by Gasteiger charge is 2.32. The van der Waals surface area contributed by atoms with Crippen LogP contribution in [0.5, 0.6) is 0 Å². The van der Waals surface area contributed by atoms with Crippen LogP contribution < -0.4 is 21.3 Å². The normalized spacial score (nSPS) is 18.0. The first-order valence-corrected chi connectivity index (χ1v) is 40.2. The summed E-state index contributed by atoms with van der Waals surface area (Å²) in [5.41, 5.74) is 2.00. The van der Waals surface area contributed by atoms with E-state index < -0.39 is 69.3 Å². The predicted octanol–water partition coefficient (Wildman–Crippen LogP) is 23.8. The fourth-order valence-corrected chi connectivity index (χ4v) is 18.1. The van der Waals surface area contributed by atoms with Crippen molar-refractivity contribution in [2.45, 2.75) is 152 Å². The SMILES string of the molecule is CC(=O)CC1CCC(Sc2cc(C(=O)Nc3ccc(F)c(F)c3)ccc2F)C1.CCCSc1cc(C(=O)Nc2ccc(F)c(Cl)c2)ccc1F.C[C@H]1CCC(Sc2cc(C(=O)Nc3ccc(F)c(Cl)c3)ccc2F)C1.O=C(Nc1cc(F)c(F)c(Cl)c1)c1ccc(F)c(SC2CCC(C(=O)N3CCCCC3)CC2)c1. The van der Waals surface area contributed by atoms with Gasteiger partial charge in [0, 0.05) is 118 Å². The minimum Gasteiger partial charge on any atom is -0.342 e. The van der Waals surface area contributed by atoms with E-state index in [1.165, 1.54) is 163 Å². The number of carbonyl (C=O) groups excluding carboxylic acids is 6. The first kappa shape index (κ1) is 85.4. The van der Waals surface area contributed by atoms with E-state index in [0.717, 1.165) is 127 Å². The lowest BCUT2D eigenvalue weighted by atomic mass is 9.87. The Morgan fingerprint density at radius 3 is 1.25 bits per heavy atom. The number of ketones is 1. The van der Waals surface area contributed by atoms with Gasteiger partial charge in [0.15, 0.2) is 23.3 Å². The Labute approximate surface area is 658 Å². The molecule has 1 aliphatic heterocycles. The molecule has 11 nitrogen and oxygen atoms in total. The van der Waals surface area contributed by atoms with Crippen molar-refractivity contribution in [3.8, 4) is 0 Å². The van der Waals surface area contributed by atoms with Crippen LogP contribution in [0.15, 0.2) is 159 Å². The molecule has 5 amide bonds. The maximum Gasteiger partial charge on any atom is 0.255 e. The van der Waals surface area contributed by atoms with Gasteiger partial charge in [0.2, 0.25) is 5.91 Å². The number of halogens is 13. The summed E-state index contributed by atoms with van der Waals surface area (Å²) in [6.07, 6.45) is 13.9. The van der Waals surface area contributed by atoms with Crippen LogP contribution in [0.3, 0.4) is 0 Å². The number of piperidine rings is 1. The molecule has 12 rings (SSSR count). The second-order valence-corrected chi connectivity index (χ2v) is 33.2. The van der Waals surface area contributed by atoms with Crippen LogP contribution in [-0.4, -0.2) is 74.8 Å². The number of anilines is 4. The monoisotopic (exact) mass is 1640 g/mol. The lowest BCUT2D eigenvalue weighted by Crippen LogP contribution is -2.41. The molecule has 578 valence electrons. The lowest BCUT2D eigenvalue weighted by Gasteiger charge is -2.33. The van der Waals surface area contributed by atoms with Crippen molar-refractivity contribution in [2.75, 3.05) is 40.1 Å². The molecule has 0 spiro atoms. The molecular weight excluding hydrogens is 1560 g/mol. The average molecular weight is 1640 g/mol. The zero-order valence-corrected chi connectivity index (χ0v) is 64.9. The van der Waals surface area contributed by atoms with Gasteiger partial charge in [-0.05, 0) is 242 Å². The Balaban J connectivity index is 0.000000170. The summed E-state index contributed by atoms with van der Waals surface area (Å²) in [6, 6.07) is 29.5. The molecule has 3 saturated carbocycles. The molecule has 4 N–H and O–H groups in total. The molecule has 8 aromatic carbocycles. The molecule has 4 fully saturated rings. The number of carbonyl (C=O) groups is 6. The maximum atomic E-state index is 14.5. The van der Waals surface area contributed by atoms with E-state index in [4.69, 9.17) is 34.8 Å². The number of hydrogen-bond acceptors (Lipinski definition) is 10. The Morgan fingerprint density at radius 1 is 0.413 bits per heavy atom. The van der Waals surface area contributed by atoms with E-state index in [0.29, 0.717) is 65.6 Å². The number of benzene rings is 8. The molecule has 0 radical (unpaired) electrons.